The van der Waals surface area contributed by atoms with E-state index in [1.54, 1.807) is 17.2 Å². The number of aryl methyl sites for hydroxylation is 1. The average molecular weight is 302 g/mol. The molecule has 0 aromatic carbocycles. The van der Waals surface area contributed by atoms with Crippen LogP contribution in [0.2, 0.25) is 0 Å². The van der Waals surface area contributed by atoms with Crippen molar-refractivity contribution in [1.82, 2.24) is 9.88 Å². The van der Waals surface area contributed by atoms with E-state index >= 15 is 0 Å². The molecule has 1 unspecified atom stereocenters. The molecule has 1 amide bonds. The second-order valence-electron chi connectivity index (χ2n) is 6.59. The Morgan fingerprint density at radius 1 is 1.41 bits per heavy atom. The second kappa shape index (κ2) is 5.91. The lowest BCUT2D eigenvalue weighted by Gasteiger charge is -2.35. The summed E-state index contributed by atoms with van der Waals surface area (Å²) in [5, 5.41) is 0. The molecule has 118 valence electrons. The molecule has 0 saturated carbocycles. The Bertz CT molecular complexity index is 629. The lowest BCUT2D eigenvalue weighted by molar-refractivity contribution is -0.115. The molecule has 5 nitrogen and oxygen atoms in total. The smallest absolute Gasteiger partial charge is 0.415 e. The number of carbonyl (C=O) groups is 2. The van der Waals surface area contributed by atoms with Gasteiger partial charge >= 0.3 is 6.09 Å². The van der Waals surface area contributed by atoms with Crippen LogP contribution in [-0.4, -0.2) is 33.4 Å². The Kier molecular flexibility index (Phi) is 4.35. The van der Waals surface area contributed by atoms with Crippen LogP contribution in [0.3, 0.4) is 0 Å². The highest BCUT2D eigenvalue weighted by molar-refractivity contribution is 6.01. The van der Waals surface area contributed by atoms with Crippen LogP contribution < -0.4 is 0 Å². The Labute approximate surface area is 131 Å². The van der Waals surface area contributed by atoms with E-state index in [-0.39, 0.29) is 11.8 Å². The lowest BCUT2D eigenvalue weighted by Crippen LogP contribution is -2.44. The van der Waals surface area contributed by atoms with E-state index in [0.29, 0.717) is 12.1 Å². The predicted molar refractivity (Wildman–Crippen MR) is 84.1 cm³/mol. The summed E-state index contributed by atoms with van der Waals surface area (Å²) in [4.78, 5) is 30.2. The van der Waals surface area contributed by atoms with Gasteiger partial charge in [0.1, 0.15) is 5.60 Å². The maximum absolute atomic E-state index is 12.5. The predicted octanol–water partition coefficient (Wildman–Crippen LogP) is 3.33. The van der Waals surface area contributed by atoms with Crippen LogP contribution in [0.15, 0.2) is 24.4 Å². The van der Waals surface area contributed by atoms with E-state index in [1.165, 1.54) is 6.08 Å². The van der Waals surface area contributed by atoms with E-state index < -0.39 is 11.7 Å². The number of pyridine rings is 1. The van der Waals surface area contributed by atoms with Crippen LogP contribution in [0.25, 0.3) is 5.70 Å². The SMILES string of the molecule is Cc1cc(C2=CC(=O)CC(C)N2C(=O)OC(C)(C)C)ccn1. The van der Waals surface area contributed by atoms with Crippen molar-refractivity contribution in [3.63, 3.8) is 0 Å². The molecule has 1 aromatic rings. The number of carbonyl (C=O) groups excluding carboxylic acids is 2. The molecular weight excluding hydrogens is 280 g/mol. The molecule has 1 aromatic heterocycles. The highest BCUT2D eigenvalue weighted by atomic mass is 16.6. The summed E-state index contributed by atoms with van der Waals surface area (Å²) in [5.74, 6) is 0.0109. The van der Waals surface area contributed by atoms with Crippen LogP contribution in [0.1, 0.15) is 45.4 Å². The zero-order valence-electron chi connectivity index (χ0n) is 13.7. The number of ketones is 1. The summed E-state index contributed by atoms with van der Waals surface area (Å²) < 4.78 is 5.48. The first-order valence-corrected chi connectivity index (χ1v) is 7.37. The number of rotatable bonds is 1. The van der Waals surface area contributed by atoms with Crippen molar-refractivity contribution in [3.8, 4) is 0 Å². The minimum absolute atomic E-state index is 0.0109. The summed E-state index contributed by atoms with van der Waals surface area (Å²) in [5.41, 5.74) is 1.60. The average Bonchev–Trinajstić information content (AvgIpc) is 2.35. The fourth-order valence-corrected chi connectivity index (χ4v) is 2.42. The summed E-state index contributed by atoms with van der Waals surface area (Å²) in [7, 11) is 0. The molecule has 0 fully saturated rings. The molecular formula is C17H22N2O3. The molecule has 1 aliphatic heterocycles. The quantitative estimate of drug-likeness (QED) is 0.798. The van der Waals surface area contributed by atoms with Crippen molar-refractivity contribution >= 4 is 17.6 Å². The van der Waals surface area contributed by atoms with Crippen molar-refractivity contribution in [3.05, 3.63) is 35.7 Å². The fourth-order valence-electron chi connectivity index (χ4n) is 2.42. The monoisotopic (exact) mass is 302 g/mol. The number of hydrogen-bond donors (Lipinski definition) is 0. The normalized spacial score (nSPS) is 19.0. The molecule has 1 aliphatic rings. The van der Waals surface area contributed by atoms with Gasteiger partial charge < -0.3 is 4.74 Å². The van der Waals surface area contributed by atoms with E-state index in [1.807, 2.05) is 40.7 Å². The van der Waals surface area contributed by atoms with Gasteiger partial charge in [0.15, 0.2) is 5.78 Å². The largest absolute Gasteiger partial charge is 0.443 e. The molecule has 22 heavy (non-hydrogen) atoms. The third kappa shape index (κ3) is 3.72. The van der Waals surface area contributed by atoms with Gasteiger partial charge in [0.05, 0.1) is 5.70 Å². The van der Waals surface area contributed by atoms with Crippen LogP contribution >= 0.6 is 0 Å². The van der Waals surface area contributed by atoms with Gasteiger partial charge in [-0.3, -0.25) is 14.7 Å². The minimum Gasteiger partial charge on any atom is -0.443 e. The summed E-state index contributed by atoms with van der Waals surface area (Å²) in [6.07, 6.45) is 3.04. The van der Waals surface area contributed by atoms with E-state index in [9.17, 15) is 9.59 Å². The first kappa shape index (κ1) is 16.2. The van der Waals surface area contributed by atoms with Gasteiger partial charge in [0.2, 0.25) is 0 Å². The first-order valence-electron chi connectivity index (χ1n) is 7.37. The van der Waals surface area contributed by atoms with Gasteiger partial charge in [-0.2, -0.15) is 0 Å². The maximum Gasteiger partial charge on any atom is 0.415 e. The highest BCUT2D eigenvalue weighted by Gasteiger charge is 2.33. The Morgan fingerprint density at radius 2 is 2.09 bits per heavy atom. The number of amides is 1. The van der Waals surface area contributed by atoms with Gasteiger partial charge in [0.25, 0.3) is 0 Å². The molecule has 0 radical (unpaired) electrons. The van der Waals surface area contributed by atoms with Gasteiger partial charge in [-0.25, -0.2) is 4.79 Å². The van der Waals surface area contributed by atoms with Crippen molar-refractivity contribution < 1.29 is 14.3 Å². The second-order valence-corrected chi connectivity index (χ2v) is 6.59. The molecule has 5 heteroatoms. The number of nitrogens with zero attached hydrogens (tertiary/aromatic N) is 2. The fraction of sp³-hybridized carbons (Fsp3) is 0.471. The zero-order valence-corrected chi connectivity index (χ0v) is 13.7. The Morgan fingerprint density at radius 3 is 2.68 bits per heavy atom. The lowest BCUT2D eigenvalue weighted by atomic mass is 9.99. The molecule has 2 rings (SSSR count). The van der Waals surface area contributed by atoms with Gasteiger partial charge in [-0.1, -0.05) is 0 Å². The third-order valence-corrected chi connectivity index (χ3v) is 3.28. The topological polar surface area (TPSA) is 59.5 Å². The summed E-state index contributed by atoms with van der Waals surface area (Å²) in [6.45, 7) is 9.19. The number of ether oxygens (including phenoxy) is 1. The molecule has 1 atom stereocenters. The zero-order chi connectivity index (χ0) is 16.5. The van der Waals surface area contributed by atoms with Crippen LogP contribution in [0.5, 0.6) is 0 Å². The van der Waals surface area contributed by atoms with Gasteiger partial charge in [0, 0.05) is 36.0 Å². The molecule has 2 heterocycles. The molecule has 0 spiro atoms. The maximum atomic E-state index is 12.5. The third-order valence-electron chi connectivity index (χ3n) is 3.28. The summed E-state index contributed by atoms with van der Waals surface area (Å²) >= 11 is 0. The van der Waals surface area contributed by atoms with Crippen molar-refractivity contribution in [2.45, 2.75) is 52.7 Å². The molecule has 0 N–H and O–H groups in total. The van der Waals surface area contributed by atoms with Gasteiger partial charge in [-0.15, -0.1) is 0 Å². The minimum atomic E-state index is -0.586. The van der Waals surface area contributed by atoms with Crippen LogP contribution in [0, 0.1) is 6.92 Å². The van der Waals surface area contributed by atoms with Crippen molar-refractivity contribution in [2.75, 3.05) is 0 Å². The Hall–Kier alpha value is -2.17. The van der Waals surface area contributed by atoms with E-state index in [0.717, 1.165) is 11.3 Å². The van der Waals surface area contributed by atoms with Gasteiger partial charge in [-0.05, 0) is 46.8 Å². The molecule has 0 bridgehead atoms. The number of hydrogen-bond acceptors (Lipinski definition) is 4. The van der Waals surface area contributed by atoms with Crippen LogP contribution in [-0.2, 0) is 9.53 Å². The van der Waals surface area contributed by atoms with Crippen molar-refractivity contribution in [2.24, 2.45) is 0 Å². The first-order chi connectivity index (χ1) is 10.2. The standard InChI is InChI=1S/C17H22N2O3/c1-11-8-13(6-7-18-11)15-10-14(20)9-12(2)19(15)16(21)22-17(3,4)5/h6-8,10,12H,9H2,1-5H3. The molecule has 0 saturated heterocycles. The summed E-state index contributed by atoms with van der Waals surface area (Å²) in [6, 6.07) is 3.41. The van der Waals surface area contributed by atoms with Crippen molar-refractivity contribution in [1.29, 1.82) is 0 Å². The van der Waals surface area contributed by atoms with Crippen LogP contribution in [0.4, 0.5) is 4.79 Å². The highest BCUT2D eigenvalue weighted by Crippen LogP contribution is 2.29. The van der Waals surface area contributed by atoms with E-state index in [2.05, 4.69) is 4.98 Å². The number of allylic oxidation sites excluding steroid dienone is 1. The Balaban J connectivity index is 2.42. The number of aromatic nitrogens is 1. The van der Waals surface area contributed by atoms with E-state index in [4.69, 9.17) is 4.74 Å². The molecule has 0 aliphatic carbocycles.